The zero-order valence-electron chi connectivity index (χ0n) is 35.2. The first-order chi connectivity index (χ1) is 28.8. The second kappa shape index (κ2) is 28.9. The van der Waals surface area contributed by atoms with E-state index in [2.05, 4.69) is 59.0 Å². The number of imide groups is 1. The third-order valence-corrected chi connectivity index (χ3v) is 11.1. The molecule has 60 heavy (non-hydrogen) atoms. The molecule has 0 bridgehead atoms. The van der Waals surface area contributed by atoms with E-state index in [9.17, 15) is 38.4 Å². The number of carboxylic acid groups (broad SMARTS) is 1. The lowest BCUT2D eigenvalue weighted by Gasteiger charge is -2.19. The molecular formula is C43H62N6O10S. The molecule has 6 N–H and O–H groups in total. The highest BCUT2D eigenvalue weighted by molar-refractivity contribution is 8.01. The molecule has 0 radical (unpaired) electrons. The number of benzene rings is 2. The van der Waals surface area contributed by atoms with Gasteiger partial charge in [-0.3, -0.25) is 38.5 Å². The van der Waals surface area contributed by atoms with Crippen molar-refractivity contribution in [2.75, 3.05) is 31.5 Å². The minimum Gasteiger partial charge on any atom is -0.450 e. The molecule has 16 nitrogen and oxygen atoms in total. The summed E-state index contributed by atoms with van der Waals surface area (Å²) in [6.45, 7) is 7.50. The van der Waals surface area contributed by atoms with Crippen LogP contribution in [0.2, 0.25) is 0 Å². The Bertz CT molecular complexity index is 1690. The Hall–Kier alpha value is -5.45. The number of carbonyl (C=O) groups excluding carboxylic acids is 7. The predicted octanol–water partition coefficient (Wildman–Crippen LogP) is 4.70. The smallest absolute Gasteiger partial charge is 0.450 e. The van der Waals surface area contributed by atoms with Gasteiger partial charge >= 0.3 is 6.16 Å². The van der Waals surface area contributed by atoms with E-state index in [1.165, 1.54) is 24.2 Å². The van der Waals surface area contributed by atoms with Gasteiger partial charge in [0.1, 0.15) is 12.6 Å². The third kappa shape index (κ3) is 20.5. The van der Waals surface area contributed by atoms with E-state index < -0.39 is 48.9 Å². The molecule has 17 heteroatoms. The van der Waals surface area contributed by atoms with E-state index >= 15 is 0 Å². The minimum absolute atomic E-state index is 0.104. The number of likely N-dealkylation sites (tertiary alicyclic amines) is 1. The lowest BCUT2D eigenvalue weighted by molar-refractivity contribution is -0.138. The van der Waals surface area contributed by atoms with Crippen molar-refractivity contribution in [3.05, 3.63) is 65.7 Å². The normalized spacial score (nSPS) is 13.8. The van der Waals surface area contributed by atoms with E-state index in [4.69, 9.17) is 5.11 Å². The molecule has 1 aliphatic rings. The van der Waals surface area contributed by atoms with Crippen molar-refractivity contribution in [1.29, 1.82) is 0 Å². The molecule has 330 valence electrons. The second-order valence-electron chi connectivity index (χ2n) is 14.2. The van der Waals surface area contributed by atoms with Crippen molar-refractivity contribution < 1.29 is 48.2 Å². The number of rotatable bonds is 25. The number of ether oxygens (including phenoxy) is 1. The summed E-state index contributed by atoms with van der Waals surface area (Å²) in [6.07, 6.45) is 6.72. The van der Waals surface area contributed by atoms with Crippen LogP contribution < -0.4 is 26.6 Å². The zero-order chi connectivity index (χ0) is 44.3. The Kier molecular flexibility index (Phi) is 24.4. The van der Waals surface area contributed by atoms with Gasteiger partial charge in [0.15, 0.2) is 0 Å². The summed E-state index contributed by atoms with van der Waals surface area (Å²) >= 11 is 1.58. The molecule has 1 aliphatic heterocycles. The summed E-state index contributed by atoms with van der Waals surface area (Å²) in [5, 5.41) is 21.2. The topological polar surface area (TPSA) is 229 Å². The van der Waals surface area contributed by atoms with Gasteiger partial charge < -0.3 is 36.4 Å². The number of nitrogens with zero attached hydrogens (tertiary/aromatic N) is 1. The Morgan fingerprint density at radius 3 is 2.00 bits per heavy atom. The molecule has 2 aromatic carbocycles. The molecule has 2 atom stereocenters. The summed E-state index contributed by atoms with van der Waals surface area (Å²) in [7, 11) is 0. The van der Waals surface area contributed by atoms with Crippen molar-refractivity contribution >= 4 is 65.0 Å². The summed E-state index contributed by atoms with van der Waals surface area (Å²) in [5.41, 5.74) is 1.72. The maximum absolute atomic E-state index is 13.1. The first-order valence-corrected chi connectivity index (χ1v) is 21.6. The van der Waals surface area contributed by atoms with Crippen LogP contribution in [-0.4, -0.2) is 100 Å². The number of hydrogen-bond acceptors (Lipinski definition) is 10. The molecule has 1 heterocycles. The van der Waals surface area contributed by atoms with Crippen LogP contribution in [0.3, 0.4) is 0 Å². The average Bonchev–Trinajstić information content (AvgIpc) is 3.50. The van der Waals surface area contributed by atoms with Crippen LogP contribution in [0.5, 0.6) is 0 Å². The van der Waals surface area contributed by atoms with Crippen LogP contribution >= 0.6 is 11.8 Å². The Morgan fingerprint density at radius 1 is 0.750 bits per heavy atom. The van der Waals surface area contributed by atoms with Gasteiger partial charge in [-0.15, -0.1) is 11.8 Å². The Labute approximate surface area is 357 Å². The van der Waals surface area contributed by atoms with Crippen molar-refractivity contribution in [2.45, 2.75) is 121 Å². The number of carbonyl (C=O) groups is 8. The monoisotopic (exact) mass is 854 g/mol. The third-order valence-electron chi connectivity index (χ3n) is 9.31. The van der Waals surface area contributed by atoms with Crippen LogP contribution in [0.15, 0.2) is 54.6 Å². The lowest BCUT2D eigenvalue weighted by atomic mass is 10.1. The van der Waals surface area contributed by atoms with E-state index in [1.807, 2.05) is 0 Å². The fourth-order valence-corrected chi connectivity index (χ4v) is 7.26. The lowest BCUT2D eigenvalue weighted by Crippen LogP contribution is -2.52. The highest BCUT2D eigenvalue weighted by Crippen LogP contribution is 2.31. The number of anilines is 1. The van der Waals surface area contributed by atoms with Gasteiger partial charge in [-0.1, -0.05) is 95.8 Å². The molecular weight excluding hydrogens is 793 g/mol. The maximum atomic E-state index is 13.1. The summed E-state index contributed by atoms with van der Waals surface area (Å²) in [4.78, 5) is 99.9. The molecule has 2 unspecified atom stereocenters. The van der Waals surface area contributed by atoms with Crippen LogP contribution in [-0.2, 0) is 51.3 Å². The molecule has 2 aromatic rings. The molecule has 0 aromatic heterocycles. The van der Waals surface area contributed by atoms with Crippen molar-refractivity contribution in [2.24, 2.45) is 0 Å². The van der Waals surface area contributed by atoms with Gasteiger partial charge in [0.25, 0.3) is 0 Å². The zero-order valence-corrected chi connectivity index (χ0v) is 36.0. The minimum atomic E-state index is -1.41. The second-order valence-corrected chi connectivity index (χ2v) is 15.7. The van der Waals surface area contributed by atoms with Crippen LogP contribution in [0.25, 0.3) is 0 Å². The van der Waals surface area contributed by atoms with Gasteiger partial charge in [0, 0.05) is 36.7 Å². The fraction of sp³-hybridized carbons (Fsp3) is 0.535. The maximum Gasteiger partial charge on any atom is 0.506 e. The Morgan fingerprint density at radius 2 is 1.38 bits per heavy atom. The predicted molar refractivity (Wildman–Crippen MR) is 230 cm³/mol. The van der Waals surface area contributed by atoms with E-state index in [-0.39, 0.29) is 55.4 Å². The number of amides is 7. The SMILES string of the molecule is CCC(CC)SC1CC(=O)N(CCCCCC(=O)NCC(=O)NCC(=O)NC(Cc2ccccc2)C(=O)NCC(=O)Nc2ccc(COC(=O)O)cc2)C1=O.CCCCC. The first-order valence-electron chi connectivity index (χ1n) is 20.7. The van der Waals surface area contributed by atoms with Crippen LogP contribution in [0.1, 0.15) is 103 Å². The van der Waals surface area contributed by atoms with Gasteiger partial charge in [0.2, 0.25) is 41.4 Å². The molecule has 1 saturated heterocycles. The van der Waals surface area contributed by atoms with Gasteiger partial charge in [-0.25, -0.2) is 4.79 Å². The average molecular weight is 855 g/mol. The molecule has 0 aliphatic carbocycles. The highest BCUT2D eigenvalue weighted by atomic mass is 32.2. The number of nitrogens with one attached hydrogen (secondary N) is 5. The largest absolute Gasteiger partial charge is 0.506 e. The van der Waals surface area contributed by atoms with Crippen LogP contribution in [0, 0.1) is 0 Å². The van der Waals surface area contributed by atoms with Gasteiger partial charge in [-0.05, 0) is 48.9 Å². The Balaban J connectivity index is 0.00000233. The summed E-state index contributed by atoms with van der Waals surface area (Å²) < 4.78 is 4.50. The first kappa shape index (κ1) is 50.7. The molecule has 7 amide bonds. The summed E-state index contributed by atoms with van der Waals surface area (Å²) in [6, 6.07) is 14.1. The van der Waals surface area contributed by atoms with Gasteiger partial charge in [0.05, 0.1) is 24.9 Å². The molecule has 0 spiro atoms. The standard InChI is InChI=1S/C38H50N6O10S.C5H12/c1-3-28(4-2)55-30-20-35(49)44(37(30)51)18-10-6-9-13-31(45)39-21-32(46)40-22-34(48)43-29(19-25-11-7-5-8-12-25)36(50)41-23-33(47)42-27-16-14-26(15-17-27)24-54-38(52)53;1-3-5-4-2/h5,7-8,11-12,14-17,28-30H,3-4,6,9-10,13,18-24H2,1-2H3,(H,39,45)(H,40,46)(H,41,50)(H,42,47)(H,43,48)(H,52,53);3-5H2,1-2H3. The van der Waals surface area contributed by atoms with Crippen molar-refractivity contribution in [3.8, 4) is 0 Å². The van der Waals surface area contributed by atoms with Crippen molar-refractivity contribution in [1.82, 2.24) is 26.2 Å². The summed E-state index contributed by atoms with van der Waals surface area (Å²) in [5.74, 6) is -3.11. The molecule has 1 fully saturated rings. The quantitative estimate of drug-likeness (QED) is 0.0456. The number of thioether (sulfide) groups is 1. The van der Waals surface area contributed by atoms with Crippen molar-refractivity contribution in [3.63, 3.8) is 0 Å². The highest BCUT2D eigenvalue weighted by Gasteiger charge is 2.39. The van der Waals surface area contributed by atoms with E-state index in [1.54, 1.807) is 66.4 Å². The van der Waals surface area contributed by atoms with Crippen LogP contribution in [0.4, 0.5) is 10.5 Å². The van der Waals surface area contributed by atoms with E-state index in [0.717, 1.165) is 18.4 Å². The molecule has 3 rings (SSSR count). The van der Waals surface area contributed by atoms with E-state index in [0.29, 0.717) is 42.3 Å². The number of hydrogen-bond donors (Lipinski definition) is 6. The molecule has 0 saturated carbocycles. The van der Waals surface area contributed by atoms with Gasteiger partial charge in [-0.2, -0.15) is 0 Å². The number of unbranched alkanes of at least 4 members (excludes halogenated alkanes) is 4. The fourth-order valence-electron chi connectivity index (χ4n) is 5.93.